The van der Waals surface area contributed by atoms with Crippen LogP contribution in [0, 0.1) is 5.92 Å². The molecule has 0 spiro atoms. The van der Waals surface area contributed by atoms with Crippen LogP contribution in [0.5, 0.6) is 0 Å². The van der Waals surface area contributed by atoms with Gasteiger partial charge in [0.1, 0.15) is 5.69 Å². The van der Waals surface area contributed by atoms with Crippen LogP contribution in [0.4, 0.5) is 0 Å². The smallest absolute Gasteiger partial charge is 0.272 e. The Kier molecular flexibility index (Phi) is 4.00. The molecule has 0 atom stereocenters. The number of fused-ring (bicyclic) bond motifs is 1. The van der Waals surface area contributed by atoms with Gasteiger partial charge in [-0.15, -0.1) is 0 Å². The van der Waals surface area contributed by atoms with Gasteiger partial charge in [0, 0.05) is 25.8 Å². The summed E-state index contributed by atoms with van der Waals surface area (Å²) in [6.07, 6.45) is 4.56. The minimum absolute atomic E-state index is 0.0665. The van der Waals surface area contributed by atoms with E-state index >= 15 is 0 Å². The molecule has 0 saturated heterocycles. The molecule has 0 radical (unpaired) electrons. The summed E-state index contributed by atoms with van der Waals surface area (Å²) in [5, 5.41) is 4.57. The van der Waals surface area contributed by atoms with Gasteiger partial charge in [0.25, 0.3) is 5.91 Å². The van der Waals surface area contributed by atoms with Crippen molar-refractivity contribution in [2.24, 2.45) is 5.92 Å². The SMILES string of the molecule is CCn1nc(CC(C)C)cc1C(=O)N1CCn2cncc2C1. The Hall–Kier alpha value is -2.11. The van der Waals surface area contributed by atoms with Gasteiger partial charge < -0.3 is 9.47 Å². The van der Waals surface area contributed by atoms with Crippen LogP contribution in [0.2, 0.25) is 0 Å². The normalized spacial score (nSPS) is 14.5. The van der Waals surface area contributed by atoms with E-state index in [1.165, 1.54) is 0 Å². The molecule has 2 aromatic rings. The van der Waals surface area contributed by atoms with E-state index in [1.807, 2.05) is 35.1 Å². The molecular weight excluding hydrogens is 278 g/mol. The minimum Gasteiger partial charge on any atom is -0.331 e. The van der Waals surface area contributed by atoms with Crippen molar-refractivity contribution in [3.63, 3.8) is 0 Å². The number of amides is 1. The minimum atomic E-state index is 0.0665. The summed E-state index contributed by atoms with van der Waals surface area (Å²) in [4.78, 5) is 18.9. The zero-order chi connectivity index (χ0) is 15.7. The first-order chi connectivity index (χ1) is 10.6. The van der Waals surface area contributed by atoms with Gasteiger partial charge in [-0.3, -0.25) is 9.48 Å². The number of hydrogen-bond donors (Lipinski definition) is 0. The molecule has 0 unspecified atom stereocenters. The lowest BCUT2D eigenvalue weighted by Gasteiger charge is -2.28. The van der Waals surface area contributed by atoms with Gasteiger partial charge in [-0.05, 0) is 25.3 Å². The van der Waals surface area contributed by atoms with E-state index in [-0.39, 0.29) is 5.91 Å². The highest BCUT2D eigenvalue weighted by molar-refractivity contribution is 5.92. The van der Waals surface area contributed by atoms with Crippen molar-refractivity contribution in [2.45, 2.75) is 46.8 Å². The molecule has 6 heteroatoms. The van der Waals surface area contributed by atoms with E-state index in [2.05, 4.69) is 28.5 Å². The van der Waals surface area contributed by atoms with Crippen molar-refractivity contribution < 1.29 is 4.79 Å². The van der Waals surface area contributed by atoms with Crippen LogP contribution >= 0.6 is 0 Å². The fraction of sp³-hybridized carbons (Fsp3) is 0.562. The van der Waals surface area contributed by atoms with E-state index in [0.717, 1.165) is 30.9 Å². The molecule has 22 heavy (non-hydrogen) atoms. The maximum absolute atomic E-state index is 12.8. The van der Waals surface area contributed by atoms with Crippen LogP contribution in [0.25, 0.3) is 0 Å². The Bertz CT molecular complexity index is 670. The second kappa shape index (κ2) is 5.94. The van der Waals surface area contributed by atoms with Crippen LogP contribution in [-0.2, 0) is 26.1 Å². The van der Waals surface area contributed by atoms with Crippen molar-refractivity contribution in [3.05, 3.63) is 35.7 Å². The van der Waals surface area contributed by atoms with Gasteiger partial charge in [0.2, 0.25) is 0 Å². The lowest BCUT2D eigenvalue weighted by molar-refractivity contribution is 0.0698. The third-order valence-corrected chi connectivity index (χ3v) is 4.02. The summed E-state index contributed by atoms with van der Waals surface area (Å²) < 4.78 is 3.93. The average molecular weight is 301 g/mol. The predicted octanol–water partition coefficient (Wildman–Crippen LogP) is 1.95. The van der Waals surface area contributed by atoms with Gasteiger partial charge in [0.15, 0.2) is 0 Å². The number of aryl methyl sites for hydroxylation is 1. The number of aromatic nitrogens is 4. The summed E-state index contributed by atoms with van der Waals surface area (Å²) in [5.41, 5.74) is 2.79. The molecule has 118 valence electrons. The third-order valence-electron chi connectivity index (χ3n) is 4.02. The molecule has 0 bridgehead atoms. The molecule has 0 N–H and O–H groups in total. The number of imidazole rings is 1. The summed E-state index contributed by atoms with van der Waals surface area (Å²) in [6, 6.07) is 1.96. The number of rotatable bonds is 4. The summed E-state index contributed by atoms with van der Waals surface area (Å²) >= 11 is 0. The number of carbonyl (C=O) groups excluding carboxylic acids is 1. The molecule has 3 heterocycles. The van der Waals surface area contributed by atoms with Gasteiger partial charge in [-0.2, -0.15) is 5.10 Å². The molecule has 0 aromatic carbocycles. The van der Waals surface area contributed by atoms with E-state index in [4.69, 9.17) is 0 Å². The molecular formula is C16H23N5O. The van der Waals surface area contributed by atoms with Gasteiger partial charge in [-0.25, -0.2) is 4.98 Å². The molecule has 3 rings (SSSR count). The Morgan fingerprint density at radius 3 is 2.91 bits per heavy atom. The molecule has 0 fully saturated rings. The van der Waals surface area contributed by atoms with Crippen LogP contribution in [-0.4, -0.2) is 36.7 Å². The number of carbonyl (C=O) groups is 1. The standard InChI is InChI=1S/C16H23N5O/c1-4-21-15(8-13(18-21)7-12(2)3)16(22)19-5-6-20-11-17-9-14(20)10-19/h8-9,11-12H,4-7,10H2,1-3H3. The Labute approximate surface area is 130 Å². The highest BCUT2D eigenvalue weighted by atomic mass is 16.2. The quantitative estimate of drug-likeness (QED) is 0.867. The van der Waals surface area contributed by atoms with Gasteiger partial charge >= 0.3 is 0 Å². The van der Waals surface area contributed by atoms with Gasteiger partial charge in [-0.1, -0.05) is 13.8 Å². The lowest BCUT2D eigenvalue weighted by atomic mass is 10.1. The molecule has 6 nitrogen and oxygen atoms in total. The first-order valence-electron chi connectivity index (χ1n) is 7.93. The first kappa shape index (κ1) is 14.8. The maximum atomic E-state index is 12.8. The van der Waals surface area contributed by atoms with E-state index < -0.39 is 0 Å². The second-order valence-corrected chi connectivity index (χ2v) is 6.24. The Morgan fingerprint density at radius 2 is 2.18 bits per heavy atom. The summed E-state index contributed by atoms with van der Waals surface area (Å²) in [6.45, 7) is 9.21. The van der Waals surface area contributed by atoms with Crippen molar-refractivity contribution in [2.75, 3.05) is 6.54 Å². The second-order valence-electron chi connectivity index (χ2n) is 6.24. The van der Waals surface area contributed by atoms with Crippen molar-refractivity contribution in [1.82, 2.24) is 24.2 Å². The van der Waals surface area contributed by atoms with E-state index in [1.54, 1.807) is 0 Å². The monoisotopic (exact) mass is 301 g/mol. The molecule has 1 aliphatic rings. The third kappa shape index (κ3) is 2.77. The molecule has 0 aliphatic carbocycles. The molecule has 1 amide bonds. The molecule has 1 aliphatic heterocycles. The van der Waals surface area contributed by atoms with Gasteiger partial charge in [0.05, 0.1) is 24.3 Å². The van der Waals surface area contributed by atoms with Crippen molar-refractivity contribution in [1.29, 1.82) is 0 Å². The van der Waals surface area contributed by atoms with Crippen LogP contribution < -0.4 is 0 Å². The van der Waals surface area contributed by atoms with E-state index in [9.17, 15) is 4.79 Å². The molecule has 0 saturated carbocycles. The largest absolute Gasteiger partial charge is 0.331 e. The zero-order valence-electron chi connectivity index (χ0n) is 13.5. The topological polar surface area (TPSA) is 56.0 Å². The average Bonchev–Trinajstić information content (AvgIpc) is 3.11. The van der Waals surface area contributed by atoms with Crippen molar-refractivity contribution in [3.8, 4) is 0 Å². The van der Waals surface area contributed by atoms with E-state index in [0.29, 0.717) is 24.7 Å². The highest BCUT2D eigenvalue weighted by Crippen LogP contribution is 2.17. The number of nitrogens with zero attached hydrogens (tertiary/aromatic N) is 5. The Morgan fingerprint density at radius 1 is 1.36 bits per heavy atom. The van der Waals surface area contributed by atoms with Crippen LogP contribution in [0.15, 0.2) is 18.6 Å². The highest BCUT2D eigenvalue weighted by Gasteiger charge is 2.25. The van der Waals surface area contributed by atoms with Crippen LogP contribution in [0.1, 0.15) is 42.6 Å². The summed E-state index contributed by atoms with van der Waals surface area (Å²) in [5.74, 6) is 0.601. The Balaban J connectivity index is 1.81. The molecule has 2 aromatic heterocycles. The first-order valence-corrected chi connectivity index (χ1v) is 7.93. The predicted molar refractivity (Wildman–Crippen MR) is 83.4 cm³/mol. The lowest BCUT2D eigenvalue weighted by Crippen LogP contribution is -2.38. The number of hydrogen-bond acceptors (Lipinski definition) is 3. The fourth-order valence-electron chi connectivity index (χ4n) is 2.92. The van der Waals surface area contributed by atoms with Crippen molar-refractivity contribution >= 4 is 5.91 Å². The maximum Gasteiger partial charge on any atom is 0.272 e. The zero-order valence-corrected chi connectivity index (χ0v) is 13.5. The van der Waals surface area contributed by atoms with Crippen LogP contribution in [0.3, 0.4) is 0 Å². The fourth-order valence-corrected chi connectivity index (χ4v) is 2.92. The summed E-state index contributed by atoms with van der Waals surface area (Å²) in [7, 11) is 0.